The Bertz CT molecular complexity index is 3300. The molecular formula is C56H41N3. The molecule has 1 aliphatic carbocycles. The molecule has 1 aliphatic rings. The minimum atomic E-state index is 0.676. The second-order valence-electron chi connectivity index (χ2n) is 15.6. The number of fused-ring (bicyclic) bond motifs is 5. The first kappa shape index (κ1) is 34.7. The van der Waals surface area contributed by atoms with Crippen LogP contribution in [0.3, 0.4) is 0 Å². The van der Waals surface area contributed by atoms with Crippen molar-refractivity contribution in [3.05, 3.63) is 216 Å². The first-order valence-electron chi connectivity index (χ1n) is 20.5. The predicted octanol–water partition coefficient (Wildman–Crippen LogP) is 14.0. The van der Waals surface area contributed by atoms with Crippen LogP contribution >= 0.6 is 0 Å². The Kier molecular flexibility index (Phi) is 8.52. The summed E-state index contributed by atoms with van der Waals surface area (Å²) in [6.45, 7) is 0. The van der Waals surface area contributed by atoms with Gasteiger partial charge in [0.15, 0.2) is 0 Å². The quantitative estimate of drug-likeness (QED) is 0.165. The minimum Gasteiger partial charge on any atom is -0.405 e. The molecule has 0 bridgehead atoms. The van der Waals surface area contributed by atoms with Gasteiger partial charge in [-0.25, -0.2) is 0 Å². The van der Waals surface area contributed by atoms with Gasteiger partial charge in [-0.15, -0.1) is 0 Å². The highest BCUT2D eigenvalue weighted by Gasteiger charge is 2.21. The van der Waals surface area contributed by atoms with Crippen molar-refractivity contribution in [2.75, 3.05) is 0 Å². The summed E-state index contributed by atoms with van der Waals surface area (Å²) < 4.78 is 2.32. The van der Waals surface area contributed by atoms with E-state index in [0.29, 0.717) is 6.42 Å². The molecule has 2 N–H and O–H groups in total. The average molecular weight is 756 g/mol. The fourth-order valence-electron chi connectivity index (χ4n) is 9.45. The van der Waals surface area contributed by atoms with E-state index in [1.807, 2.05) is 18.3 Å². The van der Waals surface area contributed by atoms with Crippen molar-refractivity contribution in [1.82, 2.24) is 9.55 Å². The average Bonchev–Trinajstić information content (AvgIpc) is 3.59. The highest BCUT2D eigenvalue weighted by atomic mass is 15.0. The van der Waals surface area contributed by atoms with E-state index in [1.54, 1.807) is 6.20 Å². The summed E-state index contributed by atoms with van der Waals surface area (Å²) in [6, 6.07) is 62.4. The summed E-state index contributed by atoms with van der Waals surface area (Å²) in [5.41, 5.74) is 21.7. The lowest BCUT2D eigenvalue weighted by atomic mass is 9.83. The van der Waals surface area contributed by atoms with E-state index in [9.17, 15) is 0 Å². The summed E-state index contributed by atoms with van der Waals surface area (Å²) in [4.78, 5) is 4.75. The van der Waals surface area contributed by atoms with Crippen LogP contribution in [0.1, 0.15) is 34.5 Å². The molecule has 0 fully saturated rings. The van der Waals surface area contributed by atoms with Gasteiger partial charge in [0.2, 0.25) is 0 Å². The molecule has 8 aromatic carbocycles. The molecule has 0 amide bonds. The number of pyridine rings is 1. The van der Waals surface area contributed by atoms with Gasteiger partial charge in [-0.1, -0.05) is 127 Å². The van der Waals surface area contributed by atoms with Gasteiger partial charge in [-0.3, -0.25) is 4.98 Å². The zero-order valence-corrected chi connectivity index (χ0v) is 32.6. The van der Waals surface area contributed by atoms with Crippen LogP contribution in [0.5, 0.6) is 0 Å². The number of aromatic nitrogens is 2. The van der Waals surface area contributed by atoms with Crippen molar-refractivity contribution in [2.45, 2.75) is 19.3 Å². The van der Waals surface area contributed by atoms with Crippen LogP contribution in [-0.4, -0.2) is 9.55 Å². The maximum atomic E-state index is 6.17. The van der Waals surface area contributed by atoms with Crippen LogP contribution in [0.15, 0.2) is 188 Å². The second-order valence-corrected chi connectivity index (χ2v) is 15.6. The normalized spacial score (nSPS) is 12.6. The molecule has 0 unspecified atom stereocenters. The van der Waals surface area contributed by atoms with Gasteiger partial charge < -0.3 is 10.3 Å². The maximum absolute atomic E-state index is 6.17. The van der Waals surface area contributed by atoms with Gasteiger partial charge in [0.05, 0.1) is 11.2 Å². The van der Waals surface area contributed by atoms with Crippen LogP contribution in [0.4, 0.5) is 0 Å². The Morgan fingerprint density at radius 2 is 1.24 bits per heavy atom. The largest absolute Gasteiger partial charge is 0.405 e. The van der Waals surface area contributed by atoms with Gasteiger partial charge in [0.1, 0.15) is 0 Å². The Morgan fingerprint density at radius 3 is 2.05 bits per heavy atom. The van der Waals surface area contributed by atoms with Crippen LogP contribution in [0, 0.1) is 0 Å². The van der Waals surface area contributed by atoms with E-state index >= 15 is 0 Å². The molecule has 0 saturated carbocycles. The number of nitrogens with two attached hydrogens (primary N) is 1. The number of hydrogen-bond acceptors (Lipinski definition) is 2. The third-order valence-corrected chi connectivity index (χ3v) is 12.2. The molecule has 59 heavy (non-hydrogen) atoms. The van der Waals surface area contributed by atoms with Crippen LogP contribution < -0.4 is 5.73 Å². The Balaban J connectivity index is 1.18. The van der Waals surface area contributed by atoms with Gasteiger partial charge >= 0.3 is 0 Å². The van der Waals surface area contributed by atoms with Crippen molar-refractivity contribution in [3.8, 4) is 39.1 Å². The number of benzene rings is 8. The Labute approximate surface area is 344 Å². The van der Waals surface area contributed by atoms with E-state index in [2.05, 4.69) is 181 Å². The Morgan fingerprint density at radius 1 is 0.559 bits per heavy atom. The topological polar surface area (TPSA) is 43.8 Å². The third kappa shape index (κ3) is 6.02. The zero-order chi connectivity index (χ0) is 39.3. The molecule has 3 heteroatoms. The third-order valence-electron chi connectivity index (χ3n) is 12.2. The summed E-state index contributed by atoms with van der Waals surface area (Å²) in [5, 5.41) is 8.66. The van der Waals surface area contributed by atoms with E-state index in [1.165, 1.54) is 82.2 Å². The van der Waals surface area contributed by atoms with E-state index in [-0.39, 0.29) is 0 Å². The fraction of sp³-hybridized carbons (Fsp3) is 0.0536. The molecule has 0 spiro atoms. The van der Waals surface area contributed by atoms with Crippen LogP contribution in [0.2, 0.25) is 0 Å². The first-order chi connectivity index (χ1) is 29.2. The first-order valence-corrected chi connectivity index (χ1v) is 20.5. The predicted molar refractivity (Wildman–Crippen MR) is 250 cm³/mol. The lowest BCUT2D eigenvalue weighted by Gasteiger charge is -2.20. The molecule has 0 saturated heterocycles. The van der Waals surface area contributed by atoms with Gasteiger partial charge in [0, 0.05) is 29.4 Å². The molecule has 0 atom stereocenters. The van der Waals surface area contributed by atoms with Crippen molar-refractivity contribution in [3.63, 3.8) is 0 Å². The molecule has 0 aliphatic heterocycles. The van der Waals surface area contributed by atoms with Gasteiger partial charge in [0.25, 0.3) is 0 Å². The molecule has 11 rings (SSSR count). The molecule has 3 nitrogen and oxygen atoms in total. The number of nitrogens with zero attached hydrogens (tertiary/aromatic N) is 2. The maximum Gasteiger partial charge on any atom is 0.0538 e. The molecular weight excluding hydrogens is 715 g/mol. The van der Waals surface area contributed by atoms with Gasteiger partial charge in [-0.2, -0.15) is 0 Å². The summed E-state index contributed by atoms with van der Waals surface area (Å²) in [6.07, 6.45) is 13.0. The molecule has 0 radical (unpaired) electrons. The summed E-state index contributed by atoms with van der Waals surface area (Å²) in [5.74, 6) is 0. The molecule has 2 heterocycles. The highest BCUT2D eigenvalue weighted by Crippen LogP contribution is 2.46. The lowest BCUT2D eigenvalue weighted by Crippen LogP contribution is -1.99. The number of para-hydroxylation sites is 1. The SMILES string of the molecule is N/C=C\c1c(Cc2ccccn2)c2cc(-c3ccc4c(-c5ccc6c(c5)C=CCC6)c5ccccc5c(-c5ccc6ccccc6c5)c4c3)ccc2n1-c1ccccc1. The minimum absolute atomic E-state index is 0.676. The zero-order valence-electron chi connectivity index (χ0n) is 32.6. The van der Waals surface area contributed by atoms with E-state index < -0.39 is 0 Å². The summed E-state index contributed by atoms with van der Waals surface area (Å²) >= 11 is 0. The van der Waals surface area contributed by atoms with Crippen molar-refractivity contribution >= 4 is 55.4 Å². The van der Waals surface area contributed by atoms with Crippen molar-refractivity contribution in [2.24, 2.45) is 5.73 Å². The number of rotatable bonds is 7. The Hall–Kier alpha value is -7.49. The standard InChI is InChI=1S/C56H41N3/c57-30-29-54-51(36-45-16-10-11-31-58-45)50-34-42(26-28-53(50)59(54)46-17-2-1-3-18-46)41-25-27-49-52(35-41)56(44-24-22-38-13-5-7-15-40(38)33-44)48-20-9-8-19-47(48)55(49)43-23-21-37-12-4-6-14-39(37)32-43/h1-3,5-11,13-35H,4,12,36,57H2/b30-29-. The van der Waals surface area contributed by atoms with E-state index in [4.69, 9.17) is 10.7 Å². The van der Waals surface area contributed by atoms with Crippen molar-refractivity contribution < 1.29 is 0 Å². The number of allylic oxidation sites excluding steroid dienone is 1. The highest BCUT2D eigenvalue weighted by molar-refractivity contribution is 6.22. The lowest BCUT2D eigenvalue weighted by molar-refractivity contribution is 0.986. The summed E-state index contributed by atoms with van der Waals surface area (Å²) in [7, 11) is 0. The smallest absolute Gasteiger partial charge is 0.0538 e. The van der Waals surface area contributed by atoms with Crippen molar-refractivity contribution in [1.29, 1.82) is 0 Å². The van der Waals surface area contributed by atoms with Crippen LogP contribution in [-0.2, 0) is 12.8 Å². The monoisotopic (exact) mass is 755 g/mol. The van der Waals surface area contributed by atoms with E-state index in [0.717, 1.165) is 41.0 Å². The number of hydrogen-bond donors (Lipinski definition) is 1. The van der Waals surface area contributed by atoms with Crippen LogP contribution in [0.25, 0.3) is 94.4 Å². The molecule has 2 aromatic heterocycles. The fourth-order valence-corrected chi connectivity index (χ4v) is 9.45. The number of aryl methyl sites for hydroxylation is 1. The molecule has 280 valence electrons. The van der Waals surface area contributed by atoms with Gasteiger partial charge in [-0.05, 0) is 162 Å². The second kappa shape index (κ2) is 14.5. The molecule has 10 aromatic rings.